The van der Waals surface area contributed by atoms with E-state index in [2.05, 4.69) is 6.07 Å². The van der Waals surface area contributed by atoms with E-state index >= 15 is 0 Å². The predicted molar refractivity (Wildman–Crippen MR) is 45.2 cm³/mol. The average Bonchev–Trinajstić information content (AvgIpc) is 2.15. The van der Waals surface area contributed by atoms with Crippen molar-refractivity contribution in [1.29, 1.82) is 5.26 Å². The maximum atomic E-state index is 10.4. The van der Waals surface area contributed by atoms with Gasteiger partial charge in [0.15, 0.2) is 0 Å². The van der Waals surface area contributed by atoms with Crippen molar-refractivity contribution in [3.05, 3.63) is 0 Å². The van der Waals surface area contributed by atoms with Crippen molar-refractivity contribution < 1.29 is 4.79 Å². The molecule has 0 N–H and O–H groups in total. The Balaban J connectivity index is 2.18. The van der Waals surface area contributed by atoms with Gasteiger partial charge in [0.1, 0.15) is 0 Å². The molecule has 1 rings (SSSR count). The molecule has 1 amide bonds. The zero-order valence-corrected chi connectivity index (χ0v) is 7.20. The summed E-state index contributed by atoms with van der Waals surface area (Å²) in [5.74, 6) is 0.667. The monoisotopic (exact) mass is 166 g/mol. The quantitative estimate of drug-likeness (QED) is 0.590. The van der Waals surface area contributed by atoms with Crippen LogP contribution in [0.25, 0.3) is 0 Å². The molecular weight excluding hydrogens is 152 g/mol. The van der Waals surface area contributed by atoms with Crippen LogP contribution >= 0.6 is 0 Å². The van der Waals surface area contributed by atoms with Crippen molar-refractivity contribution in [2.45, 2.75) is 25.7 Å². The van der Waals surface area contributed by atoms with E-state index in [0.717, 1.165) is 38.8 Å². The molecule has 66 valence electrons. The van der Waals surface area contributed by atoms with E-state index in [4.69, 9.17) is 5.26 Å². The molecule has 0 aromatic heterocycles. The molecule has 3 nitrogen and oxygen atoms in total. The molecule has 1 aliphatic heterocycles. The number of nitriles is 1. The van der Waals surface area contributed by atoms with E-state index in [9.17, 15) is 4.79 Å². The van der Waals surface area contributed by atoms with Gasteiger partial charge in [-0.15, -0.1) is 0 Å². The van der Waals surface area contributed by atoms with Gasteiger partial charge in [0, 0.05) is 19.5 Å². The number of piperidine rings is 1. The number of nitrogens with zero attached hydrogens (tertiary/aromatic N) is 2. The number of amides is 1. The first-order valence-electron chi connectivity index (χ1n) is 4.43. The van der Waals surface area contributed by atoms with Gasteiger partial charge < -0.3 is 4.90 Å². The first-order chi connectivity index (χ1) is 5.86. The second-order valence-electron chi connectivity index (χ2n) is 3.28. The minimum atomic E-state index is 0.658. The number of rotatable bonds is 3. The van der Waals surface area contributed by atoms with Crippen LogP contribution in [0.4, 0.5) is 0 Å². The Bertz CT molecular complexity index is 177. The Morgan fingerprint density at radius 3 is 2.67 bits per heavy atom. The van der Waals surface area contributed by atoms with Crippen LogP contribution in [0, 0.1) is 17.2 Å². The lowest BCUT2D eigenvalue weighted by Crippen LogP contribution is -2.32. The van der Waals surface area contributed by atoms with Gasteiger partial charge in [0.25, 0.3) is 0 Å². The summed E-state index contributed by atoms with van der Waals surface area (Å²) in [6.07, 6.45) is 4.72. The van der Waals surface area contributed by atoms with Crippen LogP contribution in [-0.2, 0) is 4.79 Å². The number of likely N-dealkylation sites (tertiary alicyclic amines) is 1. The summed E-state index contributed by atoms with van der Waals surface area (Å²) in [6.45, 7) is 1.75. The van der Waals surface area contributed by atoms with Crippen molar-refractivity contribution in [2.24, 2.45) is 5.92 Å². The molecule has 0 aromatic carbocycles. The third kappa shape index (κ3) is 2.54. The van der Waals surface area contributed by atoms with Gasteiger partial charge in [-0.2, -0.15) is 5.26 Å². The third-order valence-electron chi connectivity index (χ3n) is 2.46. The Morgan fingerprint density at radius 2 is 2.17 bits per heavy atom. The lowest BCUT2D eigenvalue weighted by Gasteiger charge is -2.28. The van der Waals surface area contributed by atoms with Gasteiger partial charge in [-0.25, -0.2) is 0 Å². The second-order valence-corrected chi connectivity index (χ2v) is 3.28. The van der Waals surface area contributed by atoms with E-state index in [1.165, 1.54) is 0 Å². The van der Waals surface area contributed by atoms with E-state index in [1.807, 2.05) is 4.90 Å². The summed E-state index contributed by atoms with van der Waals surface area (Å²) in [4.78, 5) is 12.2. The third-order valence-corrected chi connectivity index (χ3v) is 2.46. The van der Waals surface area contributed by atoms with Crippen molar-refractivity contribution >= 4 is 6.41 Å². The molecule has 0 radical (unpaired) electrons. The van der Waals surface area contributed by atoms with Crippen LogP contribution in [0.1, 0.15) is 25.7 Å². The van der Waals surface area contributed by atoms with Crippen LogP contribution in [0.5, 0.6) is 0 Å². The molecule has 0 aromatic rings. The zero-order chi connectivity index (χ0) is 8.81. The lowest BCUT2D eigenvalue weighted by molar-refractivity contribution is -0.119. The minimum Gasteiger partial charge on any atom is -0.345 e. The summed E-state index contributed by atoms with van der Waals surface area (Å²) >= 11 is 0. The van der Waals surface area contributed by atoms with Gasteiger partial charge in [0.05, 0.1) is 6.07 Å². The van der Waals surface area contributed by atoms with Gasteiger partial charge >= 0.3 is 0 Å². The Labute approximate surface area is 73.0 Å². The topological polar surface area (TPSA) is 44.1 Å². The van der Waals surface area contributed by atoms with Gasteiger partial charge in [0.2, 0.25) is 6.41 Å². The standard InChI is InChI=1S/C9H14N2O/c10-5-1-2-9-3-6-11(8-12)7-4-9/h8-9H,1-4,6-7H2. The Kier molecular flexibility index (Phi) is 3.59. The van der Waals surface area contributed by atoms with Gasteiger partial charge in [-0.05, 0) is 25.2 Å². The highest BCUT2D eigenvalue weighted by Crippen LogP contribution is 2.20. The molecule has 12 heavy (non-hydrogen) atoms. The van der Waals surface area contributed by atoms with Crippen LogP contribution in [0.15, 0.2) is 0 Å². The van der Waals surface area contributed by atoms with Crippen molar-refractivity contribution in [1.82, 2.24) is 4.90 Å². The number of carbonyl (C=O) groups is 1. The fraction of sp³-hybridized carbons (Fsp3) is 0.778. The molecule has 1 fully saturated rings. The molecule has 1 heterocycles. The summed E-state index contributed by atoms with van der Waals surface area (Å²) in [6, 6.07) is 2.16. The highest BCUT2D eigenvalue weighted by atomic mass is 16.1. The predicted octanol–water partition coefficient (Wildman–Crippen LogP) is 1.16. The Hall–Kier alpha value is -1.04. The molecule has 0 aliphatic carbocycles. The van der Waals surface area contributed by atoms with Gasteiger partial charge in [-0.3, -0.25) is 4.79 Å². The van der Waals surface area contributed by atoms with E-state index in [-0.39, 0.29) is 0 Å². The highest BCUT2D eigenvalue weighted by molar-refractivity contribution is 5.47. The van der Waals surface area contributed by atoms with Crippen molar-refractivity contribution in [3.63, 3.8) is 0 Å². The SMILES string of the molecule is N#CCCC1CCN(C=O)CC1. The maximum Gasteiger partial charge on any atom is 0.209 e. The van der Waals surface area contributed by atoms with Crippen LogP contribution in [0.3, 0.4) is 0 Å². The molecule has 0 spiro atoms. The second kappa shape index (κ2) is 4.76. The highest BCUT2D eigenvalue weighted by Gasteiger charge is 2.16. The summed E-state index contributed by atoms with van der Waals surface area (Å²) < 4.78 is 0. The molecular formula is C9H14N2O. The molecule has 0 atom stereocenters. The molecule has 0 unspecified atom stereocenters. The molecule has 1 saturated heterocycles. The van der Waals surface area contributed by atoms with Crippen molar-refractivity contribution in [3.8, 4) is 6.07 Å². The van der Waals surface area contributed by atoms with Crippen LogP contribution in [0.2, 0.25) is 0 Å². The summed E-state index contributed by atoms with van der Waals surface area (Å²) in [5.41, 5.74) is 0. The largest absolute Gasteiger partial charge is 0.345 e. The first kappa shape index (κ1) is 9.05. The fourth-order valence-corrected chi connectivity index (χ4v) is 1.62. The number of carbonyl (C=O) groups excluding carboxylic acids is 1. The Morgan fingerprint density at radius 1 is 1.50 bits per heavy atom. The molecule has 0 saturated carbocycles. The van der Waals surface area contributed by atoms with Crippen molar-refractivity contribution in [2.75, 3.05) is 13.1 Å². The van der Waals surface area contributed by atoms with Crippen LogP contribution < -0.4 is 0 Å². The van der Waals surface area contributed by atoms with E-state index in [0.29, 0.717) is 12.3 Å². The summed E-state index contributed by atoms with van der Waals surface area (Å²) in [7, 11) is 0. The zero-order valence-electron chi connectivity index (χ0n) is 7.20. The fourth-order valence-electron chi connectivity index (χ4n) is 1.62. The minimum absolute atomic E-state index is 0.658. The molecule has 1 aliphatic rings. The maximum absolute atomic E-state index is 10.4. The van der Waals surface area contributed by atoms with Crippen LogP contribution in [-0.4, -0.2) is 24.4 Å². The van der Waals surface area contributed by atoms with E-state index in [1.54, 1.807) is 0 Å². The van der Waals surface area contributed by atoms with E-state index < -0.39 is 0 Å². The first-order valence-corrected chi connectivity index (χ1v) is 4.43. The lowest BCUT2D eigenvalue weighted by atomic mass is 9.93. The normalized spacial score (nSPS) is 18.8. The molecule has 0 bridgehead atoms. The average molecular weight is 166 g/mol. The molecule has 3 heteroatoms. The number of hydrogen-bond acceptors (Lipinski definition) is 2. The summed E-state index contributed by atoms with van der Waals surface area (Å²) in [5, 5.41) is 8.38. The van der Waals surface area contributed by atoms with Gasteiger partial charge in [-0.1, -0.05) is 0 Å². The number of hydrogen-bond donors (Lipinski definition) is 0. The smallest absolute Gasteiger partial charge is 0.209 e.